The molecule has 100 valence electrons. The van der Waals surface area contributed by atoms with E-state index >= 15 is 0 Å². The van der Waals surface area contributed by atoms with E-state index in [9.17, 15) is 0 Å². The topological polar surface area (TPSA) is 12.0 Å². The van der Waals surface area contributed by atoms with Crippen LogP contribution in [0.5, 0.6) is 0 Å². The monoisotopic (exact) mass is 271 g/mol. The molecule has 4 unspecified atom stereocenters. The smallest absolute Gasteiger partial charge is 0.0388 e. The first-order chi connectivity index (χ1) is 9.29. The number of rotatable bonds is 3. The summed E-state index contributed by atoms with van der Waals surface area (Å²) in [5, 5.41) is 5.29. The summed E-state index contributed by atoms with van der Waals surface area (Å²) in [6, 6.07) is 12.4. The quantitative estimate of drug-likeness (QED) is 0.850. The Balaban J connectivity index is 1.52. The first-order valence-corrected chi connectivity index (χ1v) is 8.36. The molecule has 2 heteroatoms. The maximum absolute atomic E-state index is 3.90. The van der Waals surface area contributed by atoms with Crippen LogP contribution in [0.25, 0.3) is 10.1 Å². The van der Waals surface area contributed by atoms with E-state index in [1.165, 1.54) is 40.6 Å². The van der Waals surface area contributed by atoms with Gasteiger partial charge in [-0.2, -0.15) is 0 Å². The van der Waals surface area contributed by atoms with Gasteiger partial charge in [-0.05, 0) is 55.5 Å². The second-order valence-corrected chi connectivity index (χ2v) is 7.47. The molecule has 2 aromatic rings. The maximum Gasteiger partial charge on any atom is 0.0388 e. The molecule has 2 aliphatic rings. The zero-order chi connectivity index (χ0) is 12.8. The van der Waals surface area contributed by atoms with Gasteiger partial charge in [0.1, 0.15) is 0 Å². The summed E-state index contributed by atoms with van der Waals surface area (Å²) in [7, 11) is 0. The van der Waals surface area contributed by atoms with Crippen LogP contribution in [0.4, 0.5) is 0 Å². The summed E-state index contributed by atoms with van der Waals surface area (Å²) in [5.74, 6) is 1.99. The van der Waals surface area contributed by atoms with Crippen LogP contribution in [0.2, 0.25) is 0 Å². The average molecular weight is 271 g/mol. The molecule has 2 fully saturated rings. The summed E-state index contributed by atoms with van der Waals surface area (Å²) < 4.78 is 1.42. The molecule has 0 saturated heterocycles. The van der Waals surface area contributed by atoms with Gasteiger partial charge in [0, 0.05) is 21.7 Å². The summed E-state index contributed by atoms with van der Waals surface area (Å²) >= 11 is 1.95. The van der Waals surface area contributed by atoms with Crippen LogP contribution in [0.15, 0.2) is 30.3 Å². The standard InChI is InChI=1S/C17H21NS/c1-11(18-15-9-12-6-7-13(15)8-12)17-10-14-4-2-3-5-16(14)19-17/h2-5,10-13,15,18H,6-9H2,1H3. The lowest BCUT2D eigenvalue weighted by Crippen LogP contribution is -2.35. The molecule has 0 radical (unpaired) electrons. The van der Waals surface area contributed by atoms with E-state index < -0.39 is 0 Å². The van der Waals surface area contributed by atoms with Gasteiger partial charge in [0.15, 0.2) is 0 Å². The lowest BCUT2D eigenvalue weighted by atomic mass is 9.94. The molecular formula is C17H21NS. The summed E-state index contributed by atoms with van der Waals surface area (Å²) in [6.07, 6.45) is 5.85. The molecule has 0 aliphatic heterocycles. The Bertz CT molecular complexity index is 555. The number of nitrogens with one attached hydrogen (secondary N) is 1. The number of hydrogen-bond acceptors (Lipinski definition) is 2. The molecule has 1 N–H and O–H groups in total. The molecule has 2 aliphatic carbocycles. The van der Waals surface area contributed by atoms with Crippen molar-refractivity contribution < 1.29 is 0 Å². The molecule has 19 heavy (non-hydrogen) atoms. The minimum Gasteiger partial charge on any atom is -0.306 e. The highest BCUT2D eigenvalue weighted by atomic mass is 32.1. The van der Waals surface area contributed by atoms with Crippen LogP contribution in [-0.2, 0) is 0 Å². The first-order valence-electron chi connectivity index (χ1n) is 7.54. The van der Waals surface area contributed by atoms with E-state index in [-0.39, 0.29) is 0 Å². The Kier molecular flexibility index (Phi) is 2.89. The Labute approximate surface area is 119 Å². The predicted molar refractivity (Wildman–Crippen MR) is 82.6 cm³/mol. The minimum atomic E-state index is 0.502. The van der Waals surface area contributed by atoms with Gasteiger partial charge < -0.3 is 5.32 Å². The fourth-order valence-electron chi connectivity index (χ4n) is 4.07. The van der Waals surface area contributed by atoms with Crippen molar-refractivity contribution in [1.29, 1.82) is 0 Å². The molecule has 0 amide bonds. The largest absolute Gasteiger partial charge is 0.306 e. The van der Waals surface area contributed by atoms with Crippen molar-refractivity contribution in [3.63, 3.8) is 0 Å². The Morgan fingerprint density at radius 3 is 2.84 bits per heavy atom. The van der Waals surface area contributed by atoms with Gasteiger partial charge in [0.05, 0.1) is 0 Å². The molecule has 4 rings (SSSR count). The van der Waals surface area contributed by atoms with E-state index in [1.807, 2.05) is 11.3 Å². The number of benzene rings is 1. The van der Waals surface area contributed by atoms with E-state index in [1.54, 1.807) is 0 Å². The van der Waals surface area contributed by atoms with Crippen LogP contribution in [0.3, 0.4) is 0 Å². The molecule has 4 atom stereocenters. The van der Waals surface area contributed by atoms with E-state index in [4.69, 9.17) is 0 Å². The summed E-state index contributed by atoms with van der Waals surface area (Å²) in [5.41, 5.74) is 0. The van der Waals surface area contributed by atoms with Gasteiger partial charge in [-0.1, -0.05) is 24.6 Å². The molecule has 1 aromatic heterocycles. The van der Waals surface area contributed by atoms with E-state index in [2.05, 4.69) is 42.6 Å². The van der Waals surface area contributed by atoms with Crippen LogP contribution in [0.1, 0.15) is 43.5 Å². The third-order valence-corrected chi connectivity index (χ3v) is 6.37. The van der Waals surface area contributed by atoms with E-state index in [0.717, 1.165) is 17.9 Å². The second kappa shape index (κ2) is 4.60. The second-order valence-electron chi connectivity index (χ2n) is 6.36. The summed E-state index contributed by atoms with van der Waals surface area (Å²) in [4.78, 5) is 1.49. The Morgan fingerprint density at radius 1 is 1.21 bits per heavy atom. The van der Waals surface area contributed by atoms with Crippen LogP contribution >= 0.6 is 11.3 Å². The lowest BCUT2D eigenvalue weighted by Gasteiger charge is -2.26. The minimum absolute atomic E-state index is 0.502. The summed E-state index contributed by atoms with van der Waals surface area (Å²) in [6.45, 7) is 2.33. The van der Waals surface area contributed by atoms with Gasteiger partial charge in [0.2, 0.25) is 0 Å². The van der Waals surface area contributed by atoms with Crippen molar-refractivity contribution in [3.05, 3.63) is 35.2 Å². The molecular weight excluding hydrogens is 250 g/mol. The number of hydrogen-bond donors (Lipinski definition) is 1. The Hall–Kier alpha value is -0.860. The van der Waals surface area contributed by atoms with Crippen molar-refractivity contribution in [2.24, 2.45) is 11.8 Å². The van der Waals surface area contributed by atoms with Gasteiger partial charge in [-0.3, -0.25) is 0 Å². The van der Waals surface area contributed by atoms with Gasteiger partial charge in [-0.15, -0.1) is 11.3 Å². The van der Waals surface area contributed by atoms with Gasteiger partial charge >= 0.3 is 0 Å². The van der Waals surface area contributed by atoms with Crippen molar-refractivity contribution in [2.75, 3.05) is 0 Å². The Morgan fingerprint density at radius 2 is 2.11 bits per heavy atom. The average Bonchev–Trinajstić information content (AvgIpc) is 3.12. The van der Waals surface area contributed by atoms with Crippen LogP contribution < -0.4 is 5.32 Å². The molecule has 1 heterocycles. The third kappa shape index (κ3) is 2.11. The molecule has 0 spiro atoms. The normalized spacial score (nSPS) is 31.1. The molecule has 1 nitrogen and oxygen atoms in total. The van der Waals surface area contributed by atoms with Gasteiger partial charge in [0.25, 0.3) is 0 Å². The molecule has 2 bridgehead atoms. The van der Waals surface area contributed by atoms with Crippen molar-refractivity contribution >= 4 is 21.4 Å². The number of thiophene rings is 1. The lowest BCUT2D eigenvalue weighted by molar-refractivity contribution is 0.328. The zero-order valence-electron chi connectivity index (χ0n) is 11.4. The van der Waals surface area contributed by atoms with Crippen molar-refractivity contribution in [2.45, 2.75) is 44.7 Å². The fraction of sp³-hybridized carbons (Fsp3) is 0.529. The van der Waals surface area contributed by atoms with E-state index in [0.29, 0.717) is 6.04 Å². The molecule has 2 saturated carbocycles. The molecule has 1 aromatic carbocycles. The van der Waals surface area contributed by atoms with Crippen molar-refractivity contribution in [1.82, 2.24) is 5.32 Å². The van der Waals surface area contributed by atoms with Gasteiger partial charge in [-0.25, -0.2) is 0 Å². The maximum atomic E-state index is 3.90. The zero-order valence-corrected chi connectivity index (χ0v) is 12.2. The fourth-order valence-corrected chi connectivity index (χ4v) is 5.14. The highest BCUT2D eigenvalue weighted by Crippen LogP contribution is 2.45. The SMILES string of the molecule is CC(NC1CC2CCC1C2)c1cc2ccccc2s1. The highest BCUT2D eigenvalue weighted by Gasteiger charge is 2.39. The highest BCUT2D eigenvalue weighted by molar-refractivity contribution is 7.19. The third-order valence-electron chi connectivity index (χ3n) is 5.07. The van der Waals surface area contributed by atoms with Crippen molar-refractivity contribution in [3.8, 4) is 0 Å². The predicted octanol–water partition coefficient (Wildman–Crippen LogP) is 4.74. The first kappa shape index (κ1) is 11.9. The van der Waals surface area contributed by atoms with Crippen LogP contribution in [0, 0.1) is 11.8 Å². The number of fused-ring (bicyclic) bond motifs is 3. The van der Waals surface area contributed by atoms with Crippen LogP contribution in [-0.4, -0.2) is 6.04 Å².